The molecule has 0 fully saturated rings. The number of hydrogen-bond donors (Lipinski definition) is 3. The van der Waals surface area contributed by atoms with Crippen molar-refractivity contribution in [3.05, 3.63) is 12.3 Å². The van der Waals surface area contributed by atoms with E-state index in [1.807, 2.05) is 0 Å². The van der Waals surface area contributed by atoms with Crippen molar-refractivity contribution in [2.75, 3.05) is 0 Å². The third-order valence-electron chi connectivity index (χ3n) is 1.35. The van der Waals surface area contributed by atoms with Crippen molar-refractivity contribution in [3.8, 4) is 0 Å². The number of aliphatic carboxylic acids is 1. The van der Waals surface area contributed by atoms with E-state index < -0.39 is 18.0 Å². The number of carbonyl (C=O) groups excluding carboxylic acids is 1. The third kappa shape index (κ3) is 4.97. The van der Waals surface area contributed by atoms with Crippen LogP contribution in [0, 0.1) is 5.92 Å². The Balaban J connectivity index is 3.95. The molecule has 0 aromatic heterocycles. The summed E-state index contributed by atoms with van der Waals surface area (Å²) in [7, 11) is 0. The molecule has 0 spiro atoms. The lowest BCUT2D eigenvalue weighted by molar-refractivity contribution is -0.131. The number of amides is 1. The zero-order chi connectivity index (χ0) is 10.4. The summed E-state index contributed by atoms with van der Waals surface area (Å²) in [4.78, 5) is 20.9. The highest BCUT2D eigenvalue weighted by atomic mass is 16.4. The summed E-state index contributed by atoms with van der Waals surface area (Å²) in [6.45, 7) is 3.37. The summed E-state index contributed by atoms with van der Waals surface area (Å²) in [6.07, 6.45) is 0.653. The fourth-order valence-electron chi connectivity index (χ4n) is 0.583. The molecule has 0 radical (unpaired) electrons. The Bertz CT molecular complexity index is 222. The van der Waals surface area contributed by atoms with Gasteiger partial charge in [0.1, 0.15) is 6.10 Å². The summed E-state index contributed by atoms with van der Waals surface area (Å²) in [5.41, 5.74) is 0. The Morgan fingerprint density at radius 2 is 1.92 bits per heavy atom. The van der Waals surface area contributed by atoms with Crippen LogP contribution in [-0.2, 0) is 9.59 Å². The number of carbonyl (C=O) groups is 2. The van der Waals surface area contributed by atoms with Gasteiger partial charge in [0.05, 0.1) is 0 Å². The van der Waals surface area contributed by atoms with E-state index in [4.69, 9.17) is 10.2 Å². The Morgan fingerprint density at radius 1 is 1.38 bits per heavy atom. The molecule has 0 aromatic rings. The smallest absolute Gasteiger partial charge is 0.329 e. The first-order valence-corrected chi connectivity index (χ1v) is 3.83. The minimum absolute atomic E-state index is 0.196. The number of nitrogens with one attached hydrogen (secondary N) is 1. The van der Waals surface area contributed by atoms with Crippen molar-refractivity contribution in [1.82, 2.24) is 5.32 Å². The molecule has 0 aliphatic heterocycles. The first kappa shape index (κ1) is 11.6. The highest BCUT2D eigenvalue weighted by Crippen LogP contribution is 1.99. The van der Waals surface area contributed by atoms with E-state index in [9.17, 15) is 9.59 Å². The van der Waals surface area contributed by atoms with Crippen LogP contribution in [-0.4, -0.2) is 28.2 Å². The Morgan fingerprint density at radius 3 is 2.31 bits per heavy atom. The van der Waals surface area contributed by atoms with E-state index in [0.29, 0.717) is 0 Å². The third-order valence-corrected chi connectivity index (χ3v) is 1.35. The second kappa shape index (κ2) is 5.31. The van der Waals surface area contributed by atoms with Gasteiger partial charge in [-0.2, -0.15) is 0 Å². The van der Waals surface area contributed by atoms with E-state index in [2.05, 4.69) is 5.32 Å². The molecule has 0 aromatic carbocycles. The molecule has 0 saturated heterocycles. The molecule has 3 N–H and O–H groups in total. The Hall–Kier alpha value is -1.36. The van der Waals surface area contributed by atoms with Crippen LogP contribution in [0.1, 0.15) is 13.8 Å². The minimum Gasteiger partial charge on any atom is -0.478 e. The van der Waals surface area contributed by atoms with Crippen LogP contribution in [0.4, 0.5) is 0 Å². The highest BCUT2D eigenvalue weighted by molar-refractivity contribution is 5.84. The number of aliphatic hydroxyl groups excluding tert-OH is 1. The fourth-order valence-corrected chi connectivity index (χ4v) is 0.583. The topological polar surface area (TPSA) is 86.6 Å². The number of hydrogen-bond acceptors (Lipinski definition) is 3. The Kier molecular flexibility index (Phi) is 4.76. The summed E-state index contributed by atoms with van der Waals surface area (Å²) >= 11 is 0. The van der Waals surface area contributed by atoms with Crippen molar-refractivity contribution < 1.29 is 19.8 Å². The zero-order valence-corrected chi connectivity index (χ0v) is 7.52. The standard InChI is InChI=1S/C8H13NO4/c1-5(2)7(12)8(13)9-4-3-6(10)11/h3-5,7,12H,1-2H3,(H,9,13)(H,10,11)/b4-3-/t7-/m0/s1. The molecule has 1 atom stereocenters. The molecule has 0 aliphatic rings. The van der Waals surface area contributed by atoms with Gasteiger partial charge in [-0.25, -0.2) is 4.79 Å². The summed E-state index contributed by atoms with van der Waals surface area (Å²) < 4.78 is 0. The highest BCUT2D eigenvalue weighted by Gasteiger charge is 2.17. The van der Waals surface area contributed by atoms with Gasteiger partial charge in [0.2, 0.25) is 0 Å². The molecule has 0 bridgehead atoms. The molecule has 1 amide bonds. The molecule has 0 saturated carbocycles. The van der Waals surface area contributed by atoms with Gasteiger partial charge >= 0.3 is 5.97 Å². The van der Waals surface area contributed by atoms with Crippen molar-refractivity contribution in [3.63, 3.8) is 0 Å². The largest absolute Gasteiger partial charge is 0.478 e. The molecular formula is C8H13NO4. The van der Waals surface area contributed by atoms with Gasteiger partial charge in [-0.1, -0.05) is 13.8 Å². The summed E-state index contributed by atoms with van der Waals surface area (Å²) in [5.74, 6) is -1.95. The van der Waals surface area contributed by atoms with E-state index in [-0.39, 0.29) is 5.92 Å². The average Bonchev–Trinajstić information content (AvgIpc) is 2.02. The van der Waals surface area contributed by atoms with Crippen LogP contribution in [0.3, 0.4) is 0 Å². The number of rotatable bonds is 4. The normalized spacial score (nSPS) is 13.2. The molecule has 0 unspecified atom stereocenters. The maximum atomic E-state index is 11.0. The molecule has 5 heteroatoms. The lowest BCUT2D eigenvalue weighted by atomic mass is 10.1. The van der Waals surface area contributed by atoms with Gasteiger partial charge in [0.25, 0.3) is 5.91 Å². The minimum atomic E-state index is -1.15. The van der Waals surface area contributed by atoms with Crippen molar-refractivity contribution in [1.29, 1.82) is 0 Å². The molecule has 0 aliphatic carbocycles. The molecule has 0 rings (SSSR count). The van der Waals surface area contributed by atoms with E-state index in [0.717, 1.165) is 12.3 Å². The van der Waals surface area contributed by atoms with Crippen LogP contribution >= 0.6 is 0 Å². The number of carboxylic acid groups (broad SMARTS) is 1. The van der Waals surface area contributed by atoms with E-state index in [1.165, 1.54) is 0 Å². The second-order valence-electron chi connectivity index (χ2n) is 2.87. The number of aliphatic hydroxyl groups is 1. The molecule has 0 heterocycles. The zero-order valence-electron chi connectivity index (χ0n) is 7.52. The van der Waals surface area contributed by atoms with Crippen molar-refractivity contribution in [2.45, 2.75) is 20.0 Å². The van der Waals surface area contributed by atoms with Crippen LogP contribution in [0.15, 0.2) is 12.3 Å². The van der Waals surface area contributed by atoms with Crippen LogP contribution in [0.2, 0.25) is 0 Å². The molecule has 13 heavy (non-hydrogen) atoms. The van der Waals surface area contributed by atoms with Gasteiger partial charge in [-0.3, -0.25) is 4.79 Å². The van der Waals surface area contributed by atoms with Crippen LogP contribution < -0.4 is 5.32 Å². The first-order chi connectivity index (χ1) is 5.95. The number of carboxylic acids is 1. The lowest BCUT2D eigenvalue weighted by Crippen LogP contribution is -2.34. The van der Waals surface area contributed by atoms with Crippen molar-refractivity contribution in [2.24, 2.45) is 5.92 Å². The van der Waals surface area contributed by atoms with Crippen LogP contribution in [0.5, 0.6) is 0 Å². The second-order valence-corrected chi connectivity index (χ2v) is 2.87. The van der Waals surface area contributed by atoms with E-state index in [1.54, 1.807) is 13.8 Å². The summed E-state index contributed by atoms with van der Waals surface area (Å²) in [5, 5.41) is 19.5. The van der Waals surface area contributed by atoms with E-state index >= 15 is 0 Å². The van der Waals surface area contributed by atoms with Gasteiger partial charge < -0.3 is 15.5 Å². The van der Waals surface area contributed by atoms with Crippen molar-refractivity contribution >= 4 is 11.9 Å². The van der Waals surface area contributed by atoms with Gasteiger partial charge in [0.15, 0.2) is 0 Å². The lowest BCUT2D eigenvalue weighted by Gasteiger charge is -2.11. The molecule has 5 nitrogen and oxygen atoms in total. The SMILES string of the molecule is CC(C)[C@H](O)C(=O)N/C=C\C(=O)O. The van der Waals surface area contributed by atoms with Gasteiger partial charge in [0, 0.05) is 12.3 Å². The van der Waals surface area contributed by atoms with Gasteiger partial charge in [-0.05, 0) is 5.92 Å². The Labute approximate surface area is 76.1 Å². The monoisotopic (exact) mass is 187 g/mol. The average molecular weight is 187 g/mol. The molecular weight excluding hydrogens is 174 g/mol. The summed E-state index contributed by atoms with van der Waals surface area (Å²) in [6, 6.07) is 0. The first-order valence-electron chi connectivity index (χ1n) is 3.83. The fraction of sp³-hybridized carbons (Fsp3) is 0.500. The predicted molar refractivity (Wildman–Crippen MR) is 45.8 cm³/mol. The predicted octanol–water partition coefficient (Wildman–Crippen LogP) is -0.282. The molecule has 74 valence electrons. The quantitative estimate of drug-likeness (QED) is 0.528. The van der Waals surface area contributed by atoms with Crippen LogP contribution in [0.25, 0.3) is 0 Å². The maximum Gasteiger partial charge on any atom is 0.329 e. The van der Waals surface area contributed by atoms with Gasteiger partial charge in [-0.15, -0.1) is 0 Å². The maximum absolute atomic E-state index is 11.0.